The first-order chi connectivity index (χ1) is 17.9. The summed E-state index contributed by atoms with van der Waals surface area (Å²) in [6.45, 7) is 1.22. The average Bonchev–Trinajstić information content (AvgIpc) is 3.64. The zero-order valence-electron chi connectivity index (χ0n) is 20.7. The van der Waals surface area contributed by atoms with E-state index >= 15 is 0 Å². The number of amidine groups is 1. The molecule has 192 valence electrons. The zero-order chi connectivity index (χ0) is 26.1. The maximum atomic E-state index is 12.5. The topological polar surface area (TPSA) is 115 Å². The highest BCUT2D eigenvalue weighted by atomic mass is 32.1. The molecule has 3 heterocycles. The lowest BCUT2D eigenvalue weighted by Crippen LogP contribution is -2.33. The number of aromatic hydroxyl groups is 1. The molecule has 10 nitrogen and oxygen atoms in total. The van der Waals surface area contributed by atoms with Gasteiger partial charge in [0.1, 0.15) is 6.54 Å². The van der Waals surface area contributed by atoms with Crippen molar-refractivity contribution in [2.24, 2.45) is 9.98 Å². The first-order valence-corrected chi connectivity index (χ1v) is 12.5. The van der Waals surface area contributed by atoms with Crippen LogP contribution in [0.15, 0.2) is 45.1 Å². The Kier molecular flexibility index (Phi) is 6.70. The normalized spacial score (nSPS) is 14.8. The Labute approximate surface area is 216 Å². The van der Waals surface area contributed by atoms with E-state index in [-0.39, 0.29) is 23.2 Å². The van der Waals surface area contributed by atoms with Crippen molar-refractivity contribution in [2.75, 3.05) is 34.4 Å². The van der Waals surface area contributed by atoms with Crippen LogP contribution in [0.5, 0.6) is 23.1 Å². The number of hydrogen-bond acceptors (Lipinski definition) is 9. The Morgan fingerprint density at radius 1 is 1.05 bits per heavy atom. The van der Waals surface area contributed by atoms with Crippen molar-refractivity contribution in [2.45, 2.75) is 19.4 Å². The van der Waals surface area contributed by atoms with Crippen LogP contribution in [0.25, 0.3) is 6.08 Å². The fourth-order valence-corrected chi connectivity index (χ4v) is 5.25. The van der Waals surface area contributed by atoms with E-state index < -0.39 is 0 Å². The molecule has 1 aromatic heterocycles. The third-order valence-corrected chi connectivity index (χ3v) is 7.23. The number of likely N-dealkylation sites (tertiary alicyclic amines) is 1. The lowest BCUT2D eigenvalue weighted by molar-refractivity contribution is -0.130. The smallest absolute Gasteiger partial charge is 0.311 e. The highest BCUT2D eigenvalue weighted by molar-refractivity contribution is 7.10. The maximum absolute atomic E-state index is 12.5. The molecule has 2 aliphatic rings. The molecule has 0 saturated carbocycles. The van der Waals surface area contributed by atoms with Gasteiger partial charge in [-0.1, -0.05) is 17.4 Å². The summed E-state index contributed by atoms with van der Waals surface area (Å²) >= 11 is 0.895. The Morgan fingerprint density at radius 2 is 1.76 bits per heavy atom. The largest absolute Gasteiger partial charge is 0.493 e. The zero-order valence-corrected chi connectivity index (χ0v) is 21.5. The molecule has 11 heteroatoms. The molecule has 1 saturated heterocycles. The molecule has 5 rings (SSSR count). The van der Waals surface area contributed by atoms with Crippen molar-refractivity contribution in [3.8, 4) is 23.1 Å². The van der Waals surface area contributed by atoms with E-state index in [4.69, 9.17) is 14.2 Å². The highest BCUT2D eigenvalue weighted by Gasteiger charge is 2.22. The minimum atomic E-state index is -0.379. The summed E-state index contributed by atoms with van der Waals surface area (Å²) in [6.07, 6.45) is 3.62. The molecule has 0 unspecified atom stereocenters. The minimum absolute atomic E-state index is 0.160. The Bertz CT molecular complexity index is 1560. The number of benzene rings is 2. The molecule has 37 heavy (non-hydrogen) atoms. The van der Waals surface area contributed by atoms with Crippen molar-refractivity contribution in [3.05, 3.63) is 61.0 Å². The quantitative estimate of drug-likeness (QED) is 0.506. The molecule has 0 radical (unpaired) electrons. The molecule has 3 aromatic rings. The van der Waals surface area contributed by atoms with Gasteiger partial charge < -0.3 is 24.2 Å². The number of nitrogens with zero attached hydrogens (tertiary/aromatic N) is 4. The number of thiazole rings is 1. The second kappa shape index (κ2) is 10.1. The van der Waals surface area contributed by atoms with E-state index in [0.717, 1.165) is 34.0 Å². The van der Waals surface area contributed by atoms with Gasteiger partial charge >= 0.3 is 4.87 Å². The molecule has 0 spiro atoms. The Morgan fingerprint density at radius 3 is 2.41 bits per heavy atom. The first kappa shape index (κ1) is 24.6. The molecule has 0 bridgehead atoms. The summed E-state index contributed by atoms with van der Waals surface area (Å²) in [5.74, 6) is 1.59. The SMILES string of the molecule is COc1cc(C2=Nc3cc(=Cc4sc(=O)n(CC(=O)N5CCCC5)c4O)ccc3=N2)cc(OC)c1OC. The molecule has 2 aliphatic heterocycles. The van der Waals surface area contributed by atoms with Crippen molar-refractivity contribution in [1.29, 1.82) is 0 Å². The third kappa shape index (κ3) is 4.69. The lowest BCUT2D eigenvalue weighted by atomic mass is 10.1. The molecule has 1 N–H and O–H groups in total. The van der Waals surface area contributed by atoms with Gasteiger partial charge in [0.25, 0.3) is 0 Å². The fourth-order valence-electron chi connectivity index (χ4n) is 4.41. The number of hydrogen-bond donors (Lipinski definition) is 1. The van der Waals surface area contributed by atoms with Crippen molar-refractivity contribution in [1.82, 2.24) is 9.47 Å². The Balaban J connectivity index is 1.45. The van der Waals surface area contributed by atoms with E-state index in [9.17, 15) is 14.7 Å². The predicted octanol–water partition coefficient (Wildman–Crippen LogP) is 1.80. The van der Waals surface area contributed by atoms with Crippen LogP contribution >= 0.6 is 11.3 Å². The van der Waals surface area contributed by atoms with E-state index in [1.807, 2.05) is 18.2 Å². The number of aliphatic imine (C=N–C) groups is 1. The van der Waals surface area contributed by atoms with Crippen LogP contribution < -0.4 is 29.7 Å². The lowest BCUT2D eigenvalue weighted by Gasteiger charge is -2.15. The third-order valence-electron chi connectivity index (χ3n) is 6.32. The molecule has 0 atom stereocenters. The van der Waals surface area contributed by atoms with Crippen molar-refractivity contribution < 1.29 is 24.1 Å². The second-order valence-corrected chi connectivity index (χ2v) is 9.58. The van der Waals surface area contributed by atoms with Crippen LogP contribution in [0, 0.1) is 0 Å². The van der Waals surface area contributed by atoms with Crippen molar-refractivity contribution in [3.63, 3.8) is 0 Å². The van der Waals surface area contributed by atoms with Gasteiger partial charge in [-0.2, -0.15) is 0 Å². The van der Waals surface area contributed by atoms with Gasteiger partial charge in [-0.3, -0.25) is 14.2 Å². The van der Waals surface area contributed by atoms with Gasteiger partial charge in [-0.05, 0) is 48.4 Å². The molecular weight excluding hydrogens is 496 g/mol. The summed E-state index contributed by atoms with van der Waals surface area (Å²) in [6, 6.07) is 9.05. The number of ether oxygens (including phenoxy) is 3. The maximum Gasteiger partial charge on any atom is 0.311 e. The highest BCUT2D eigenvalue weighted by Crippen LogP contribution is 2.38. The summed E-state index contributed by atoms with van der Waals surface area (Å²) in [7, 11) is 4.63. The van der Waals surface area contributed by atoms with Gasteiger partial charge in [0.05, 0.1) is 37.3 Å². The minimum Gasteiger partial charge on any atom is -0.493 e. The van der Waals surface area contributed by atoms with E-state index in [2.05, 4.69) is 9.98 Å². The summed E-state index contributed by atoms with van der Waals surface area (Å²) < 4.78 is 17.4. The predicted molar refractivity (Wildman–Crippen MR) is 139 cm³/mol. The average molecular weight is 523 g/mol. The Hall–Kier alpha value is -4.12. The van der Waals surface area contributed by atoms with Gasteiger partial charge in [0, 0.05) is 18.7 Å². The number of rotatable bonds is 7. The van der Waals surface area contributed by atoms with Crippen LogP contribution in [-0.4, -0.2) is 60.7 Å². The molecule has 1 amide bonds. The van der Waals surface area contributed by atoms with Crippen LogP contribution in [0.1, 0.15) is 23.3 Å². The monoisotopic (exact) mass is 522 g/mol. The number of fused-ring (bicyclic) bond motifs is 1. The number of aromatic nitrogens is 1. The van der Waals surface area contributed by atoms with Gasteiger partial charge in [0.2, 0.25) is 17.5 Å². The fraction of sp³-hybridized carbons (Fsp3) is 0.308. The number of methoxy groups -OCH3 is 3. The number of amides is 1. The first-order valence-electron chi connectivity index (χ1n) is 11.7. The van der Waals surface area contributed by atoms with E-state index in [0.29, 0.717) is 57.7 Å². The van der Waals surface area contributed by atoms with Gasteiger partial charge in [-0.25, -0.2) is 9.98 Å². The number of carbonyl (C=O) groups is 1. The van der Waals surface area contributed by atoms with E-state index in [1.54, 1.807) is 44.4 Å². The van der Waals surface area contributed by atoms with E-state index in [1.165, 1.54) is 0 Å². The molecule has 0 aliphatic carbocycles. The van der Waals surface area contributed by atoms with Crippen LogP contribution in [0.2, 0.25) is 0 Å². The van der Waals surface area contributed by atoms with Gasteiger partial charge in [-0.15, -0.1) is 0 Å². The summed E-state index contributed by atoms with van der Waals surface area (Å²) in [5.41, 5.74) is 1.35. The van der Waals surface area contributed by atoms with Crippen LogP contribution in [0.4, 0.5) is 5.69 Å². The van der Waals surface area contributed by atoms with Crippen molar-refractivity contribution >= 4 is 34.8 Å². The molecule has 1 fully saturated rings. The molecular formula is C26H26N4O6S. The van der Waals surface area contributed by atoms with Crippen LogP contribution in [0.3, 0.4) is 0 Å². The molecule has 2 aromatic carbocycles. The standard InChI is InChI=1S/C26H26N4O6S/c1-34-19-12-16(13-20(35-2)23(19)36-3)24-27-17-7-6-15(10-18(17)28-24)11-21-25(32)30(26(33)37-21)14-22(31)29-8-4-5-9-29/h6-7,10-13,32H,4-5,8-9,14H2,1-3H3. The summed E-state index contributed by atoms with van der Waals surface area (Å²) in [4.78, 5) is 36.0. The van der Waals surface area contributed by atoms with Crippen LogP contribution in [-0.2, 0) is 11.3 Å². The number of carbonyl (C=O) groups excluding carboxylic acids is 1. The van der Waals surface area contributed by atoms with Gasteiger partial charge in [0.15, 0.2) is 17.3 Å². The second-order valence-electron chi connectivity index (χ2n) is 8.58. The summed E-state index contributed by atoms with van der Waals surface area (Å²) in [5, 5.41) is 12.1.